The number of fused-ring (bicyclic) bond motifs is 2. The number of benzene rings is 1. The normalized spacial score (nSPS) is 21.5. The van der Waals surface area contributed by atoms with Crippen LogP contribution in [0.25, 0.3) is 0 Å². The molecule has 128 valence electrons. The van der Waals surface area contributed by atoms with E-state index in [0.717, 1.165) is 17.7 Å². The van der Waals surface area contributed by atoms with Gasteiger partial charge in [0.1, 0.15) is 11.4 Å². The number of nitrogens with zero attached hydrogens (tertiary/aromatic N) is 1. The second kappa shape index (κ2) is 7.13. The third-order valence-electron chi connectivity index (χ3n) is 4.29. The van der Waals surface area contributed by atoms with Crippen LogP contribution in [-0.2, 0) is 25.5 Å². The molecule has 0 aliphatic carbocycles. The lowest BCUT2D eigenvalue weighted by Gasteiger charge is -2.32. The first kappa shape index (κ1) is 16.6. The molecule has 0 spiro atoms. The van der Waals surface area contributed by atoms with Crippen molar-refractivity contribution in [1.82, 2.24) is 5.32 Å². The van der Waals surface area contributed by atoms with Crippen molar-refractivity contribution >= 4 is 23.4 Å². The van der Waals surface area contributed by atoms with Crippen LogP contribution in [0, 0.1) is 0 Å². The molecule has 6 heteroatoms. The smallest absolute Gasteiger partial charge is 0.305 e. The minimum Gasteiger partial charge on any atom is -0.466 e. The molecule has 0 aromatic heterocycles. The lowest BCUT2D eigenvalue weighted by Crippen LogP contribution is -2.45. The number of carbonyl (C=O) groups is 2. The monoisotopic (exact) mass is 330 g/mol. The van der Waals surface area contributed by atoms with Crippen molar-refractivity contribution in [2.24, 2.45) is 4.99 Å². The summed E-state index contributed by atoms with van der Waals surface area (Å²) in [7, 11) is 0. The highest BCUT2D eigenvalue weighted by atomic mass is 16.5. The fourth-order valence-electron chi connectivity index (χ4n) is 3.15. The van der Waals surface area contributed by atoms with E-state index in [1.54, 1.807) is 6.92 Å². The van der Waals surface area contributed by atoms with Crippen LogP contribution < -0.4 is 5.32 Å². The fraction of sp³-hybridized carbons (Fsp3) is 0.500. The molecule has 1 fully saturated rings. The Morgan fingerprint density at radius 2 is 2.12 bits per heavy atom. The van der Waals surface area contributed by atoms with E-state index in [-0.39, 0.29) is 18.3 Å². The summed E-state index contributed by atoms with van der Waals surface area (Å²) in [5.74, 6) is 0.367. The number of carbonyl (C=O) groups excluding carboxylic acids is 2. The van der Waals surface area contributed by atoms with Gasteiger partial charge in [-0.3, -0.25) is 9.59 Å². The summed E-state index contributed by atoms with van der Waals surface area (Å²) in [5, 5.41) is 2.83. The molecule has 1 unspecified atom stereocenters. The van der Waals surface area contributed by atoms with Gasteiger partial charge in [0.15, 0.2) is 0 Å². The van der Waals surface area contributed by atoms with E-state index >= 15 is 0 Å². The number of esters is 1. The number of nitrogens with one attached hydrogen (secondary N) is 1. The predicted octanol–water partition coefficient (Wildman–Crippen LogP) is 2.28. The first-order valence-electron chi connectivity index (χ1n) is 8.39. The van der Waals surface area contributed by atoms with Crippen molar-refractivity contribution in [3.8, 4) is 0 Å². The number of amides is 1. The van der Waals surface area contributed by atoms with Crippen molar-refractivity contribution in [3.63, 3.8) is 0 Å². The van der Waals surface area contributed by atoms with Crippen molar-refractivity contribution in [2.75, 3.05) is 13.2 Å². The molecule has 1 N–H and O–H groups in total. The summed E-state index contributed by atoms with van der Waals surface area (Å²) >= 11 is 0. The van der Waals surface area contributed by atoms with E-state index in [9.17, 15) is 9.59 Å². The molecular formula is C18H22N2O4. The van der Waals surface area contributed by atoms with Crippen LogP contribution >= 0.6 is 0 Å². The maximum atomic E-state index is 11.9. The maximum Gasteiger partial charge on any atom is 0.305 e. The van der Waals surface area contributed by atoms with Crippen molar-refractivity contribution in [2.45, 2.75) is 44.6 Å². The number of aliphatic imine (C=N–C) groups is 1. The highest BCUT2D eigenvalue weighted by Gasteiger charge is 2.48. The maximum absolute atomic E-state index is 11.9. The molecule has 1 saturated heterocycles. The van der Waals surface area contributed by atoms with Crippen LogP contribution in [0.2, 0.25) is 0 Å². The average molecular weight is 330 g/mol. The molecule has 1 atom stereocenters. The van der Waals surface area contributed by atoms with Crippen molar-refractivity contribution in [1.29, 1.82) is 0 Å². The Kier molecular flexibility index (Phi) is 4.94. The minimum atomic E-state index is -0.685. The molecule has 6 nitrogen and oxygen atoms in total. The van der Waals surface area contributed by atoms with Gasteiger partial charge >= 0.3 is 5.97 Å². The second-order valence-electron chi connectivity index (χ2n) is 6.10. The SMILES string of the molecule is CCOC(=O)CCCCOC12CC(=O)NC1=Nc1ccccc1C2. The zero-order chi connectivity index (χ0) is 17.0. The summed E-state index contributed by atoms with van der Waals surface area (Å²) in [6, 6.07) is 7.86. The predicted molar refractivity (Wildman–Crippen MR) is 89.2 cm³/mol. The number of rotatable bonds is 7. The Morgan fingerprint density at radius 1 is 1.29 bits per heavy atom. The number of unbranched alkanes of at least 4 members (excludes halogenated alkanes) is 1. The Balaban J connectivity index is 1.59. The van der Waals surface area contributed by atoms with E-state index in [1.165, 1.54) is 0 Å². The van der Waals surface area contributed by atoms with Gasteiger partial charge in [-0.25, -0.2) is 4.99 Å². The first-order valence-corrected chi connectivity index (χ1v) is 8.39. The third kappa shape index (κ3) is 3.48. The largest absolute Gasteiger partial charge is 0.466 e. The summed E-state index contributed by atoms with van der Waals surface area (Å²) < 4.78 is 11.0. The van der Waals surface area contributed by atoms with Crippen LogP contribution in [0.3, 0.4) is 0 Å². The van der Waals surface area contributed by atoms with Crippen LogP contribution in [0.5, 0.6) is 0 Å². The zero-order valence-corrected chi connectivity index (χ0v) is 13.8. The molecule has 0 saturated carbocycles. The number of hydrogen-bond acceptors (Lipinski definition) is 5. The highest BCUT2D eigenvalue weighted by molar-refractivity contribution is 6.12. The van der Waals surface area contributed by atoms with Gasteiger partial charge in [-0.1, -0.05) is 18.2 Å². The number of ether oxygens (including phenoxy) is 2. The average Bonchev–Trinajstić information content (AvgIpc) is 2.87. The minimum absolute atomic E-state index is 0.0620. The van der Waals surface area contributed by atoms with Crippen molar-refractivity contribution in [3.05, 3.63) is 29.8 Å². The van der Waals surface area contributed by atoms with Gasteiger partial charge in [0.05, 0.1) is 18.7 Å². The van der Waals surface area contributed by atoms with Gasteiger partial charge in [0.25, 0.3) is 0 Å². The molecule has 24 heavy (non-hydrogen) atoms. The van der Waals surface area contributed by atoms with Gasteiger partial charge in [0.2, 0.25) is 5.91 Å². The Morgan fingerprint density at radius 3 is 2.96 bits per heavy atom. The second-order valence-corrected chi connectivity index (χ2v) is 6.10. The summed E-state index contributed by atoms with van der Waals surface area (Å²) in [6.45, 7) is 2.69. The summed E-state index contributed by atoms with van der Waals surface area (Å²) in [5.41, 5.74) is 1.29. The molecular weight excluding hydrogens is 308 g/mol. The molecule has 1 aromatic carbocycles. The van der Waals surface area contributed by atoms with Crippen LogP contribution in [0.15, 0.2) is 29.3 Å². The molecule has 2 aliphatic rings. The van der Waals surface area contributed by atoms with Gasteiger partial charge in [0, 0.05) is 19.4 Å². The highest BCUT2D eigenvalue weighted by Crippen LogP contribution is 2.37. The van der Waals surface area contributed by atoms with Crippen LogP contribution in [0.4, 0.5) is 5.69 Å². The van der Waals surface area contributed by atoms with Gasteiger partial charge in [-0.15, -0.1) is 0 Å². The van der Waals surface area contributed by atoms with E-state index in [4.69, 9.17) is 9.47 Å². The Hall–Kier alpha value is -2.21. The molecule has 0 radical (unpaired) electrons. The van der Waals surface area contributed by atoms with E-state index in [2.05, 4.69) is 10.3 Å². The van der Waals surface area contributed by atoms with Crippen molar-refractivity contribution < 1.29 is 19.1 Å². The lowest BCUT2D eigenvalue weighted by atomic mass is 9.89. The van der Waals surface area contributed by atoms with E-state index in [1.807, 2.05) is 24.3 Å². The standard InChI is InChI=1S/C18H22N2O4/c1-2-23-16(22)9-5-6-10-24-18-11-13-7-3-4-8-14(13)19-17(18)20-15(21)12-18/h3-4,7-8H,2,5-6,9-12H2,1H3,(H,19,20,21). The molecule has 3 rings (SSSR count). The number of para-hydroxylation sites is 1. The van der Waals surface area contributed by atoms with Crippen LogP contribution in [0.1, 0.15) is 38.2 Å². The fourth-order valence-corrected chi connectivity index (χ4v) is 3.15. The summed E-state index contributed by atoms with van der Waals surface area (Å²) in [6.07, 6.45) is 2.77. The quantitative estimate of drug-likeness (QED) is 0.615. The topological polar surface area (TPSA) is 77.0 Å². The number of amidine groups is 1. The van der Waals surface area contributed by atoms with Gasteiger partial charge in [-0.2, -0.15) is 0 Å². The molecule has 2 heterocycles. The zero-order valence-electron chi connectivity index (χ0n) is 13.8. The lowest BCUT2D eigenvalue weighted by molar-refractivity contribution is -0.143. The molecule has 2 aliphatic heterocycles. The van der Waals surface area contributed by atoms with E-state index in [0.29, 0.717) is 38.3 Å². The summed E-state index contributed by atoms with van der Waals surface area (Å²) in [4.78, 5) is 27.8. The van der Waals surface area contributed by atoms with Gasteiger partial charge in [-0.05, 0) is 31.4 Å². The molecule has 1 aromatic rings. The van der Waals surface area contributed by atoms with Crippen LogP contribution in [-0.4, -0.2) is 36.5 Å². The number of hydrogen-bond donors (Lipinski definition) is 1. The molecule has 0 bridgehead atoms. The Bertz CT molecular complexity index is 671. The Labute approximate surface area is 141 Å². The van der Waals surface area contributed by atoms with E-state index < -0.39 is 5.60 Å². The van der Waals surface area contributed by atoms with Gasteiger partial charge < -0.3 is 14.8 Å². The first-order chi connectivity index (χ1) is 11.6. The molecule has 1 amide bonds. The third-order valence-corrected chi connectivity index (χ3v) is 4.29.